The minimum atomic E-state index is -0.695. The molecule has 1 aromatic rings. The largest absolute Gasteiger partial charge is 0.330 e. The van der Waals surface area contributed by atoms with Crippen LogP contribution >= 0.6 is 0 Å². The molecule has 0 spiro atoms. The quantitative estimate of drug-likeness (QED) is 0.802. The van der Waals surface area contributed by atoms with Gasteiger partial charge in [0.25, 0.3) is 0 Å². The van der Waals surface area contributed by atoms with E-state index < -0.39 is 11.6 Å². The second kappa shape index (κ2) is 7.29. The van der Waals surface area contributed by atoms with Crippen molar-refractivity contribution in [1.82, 2.24) is 0 Å². The maximum absolute atomic E-state index is 13.6. The predicted octanol–water partition coefficient (Wildman–Crippen LogP) is 5.31. The molecule has 2 saturated carbocycles. The molecule has 0 unspecified atom stereocenters. The van der Waals surface area contributed by atoms with Crippen LogP contribution in [0, 0.1) is 36.3 Å². The maximum Gasteiger partial charge on any atom is 0.161 e. The first-order chi connectivity index (χ1) is 11.1. The highest BCUT2D eigenvalue weighted by Crippen LogP contribution is 2.44. The van der Waals surface area contributed by atoms with Gasteiger partial charge in [-0.05, 0) is 106 Å². The molecule has 0 atom stereocenters. The Labute approximate surface area is 138 Å². The third kappa shape index (κ3) is 3.76. The van der Waals surface area contributed by atoms with Gasteiger partial charge < -0.3 is 5.73 Å². The Balaban J connectivity index is 1.56. The summed E-state index contributed by atoms with van der Waals surface area (Å²) in [6.07, 6.45) is 9.97. The molecule has 3 heteroatoms. The van der Waals surface area contributed by atoms with Crippen molar-refractivity contribution < 1.29 is 8.78 Å². The normalized spacial score (nSPS) is 32.0. The van der Waals surface area contributed by atoms with Crippen molar-refractivity contribution in [3.63, 3.8) is 0 Å². The average molecular weight is 321 g/mol. The first-order valence-electron chi connectivity index (χ1n) is 9.24. The third-order valence-corrected chi connectivity index (χ3v) is 6.37. The molecule has 2 aliphatic rings. The lowest BCUT2D eigenvalue weighted by Crippen LogP contribution is -2.27. The molecule has 1 aromatic carbocycles. The first-order valence-corrected chi connectivity index (χ1v) is 9.24. The van der Waals surface area contributed by atoms with Gasteiger partial charge in [-0.15, -0.1) is 0 Å². The molecule has 128 valence electrons. The number of hydrogen-bond donors (Lipinski definition) is 1. The lowest BCUT2D eigenvalue weighted by molar-refractivity contribution is 0.162. The number of aryl methyl sites for hydroxylation is 1. The van der Waals surface area contributed by atoms with E-state index in [4.69, 9.17) is 5.73 Å². The summed E-state index contributed by atoms with van der Waals surface area (Å²) in [4.78, 5) is 0. The van der Waals surface area contributed by atoms with E-state index in [9.17, 15) is 8.78 Å². The molecule has 1 nitrogen and oxygen atoms in total. The van der Waals surface area contributed by atoms with E-state index in [0.29, 0.717) is 11.5 Å². The minimum Gasteiger partial charge on any atom is -0.330 e. The van der Waals surface area contributed by atoms with Crippen LogP contribution in [-0.2, 0) is 0 Å². The summed E-state index contributed by atoms with van der Waals surface area (Å²) in [6, 6.07) is 3.26. The first kappa shape index (κ1) is 16.9. The van der Waals surface area contributed by atoms with E-state index >= 15 is 0 Å². The Morgan fingerprint density at radius 3 is 2.00 bits per heavy atom. The lowest BCUT2D eigenvalue weighted by atomic mass is 9.68. The van der Waals surface area contributed by atoms with E-state index in [0.717, 1.165) is 42.7 Å². The summed E-state index contributed by atoms with van der Waals surface area (Å²) < 4.78 is 27.1. The molecule has 0 saturated heterocycles. The van der Waals surface area contributed by atoms with E-state index in [2.05, 4.69) is 0 Å². The maximum atomic E-state index is 13.6. The SMILES string of the molecule is Cc1cc(C2CCC(C3CCC(CN)CC3)CC2)cc(F)c1F. The summed E-state index contributed by atoms with van der Waals surface area (Å²) >= 11 is 0. The second-order valence-electron chi connectivity index (χ2n) is 7.76. The number of hydrogen-bond acceptors (Lipinski definition) is 1. The third-order valence-electron chi connectivity index (χ3n) is 6.37. The van der Waals surface area contributed by atoms with Crippen LogP contribution in [0.15, 0.2) is 12.1 Å². The molecule has 2 N–H and O–H groups in total. The zero-order chi connectivity index (χ0) is 16.4. The Morgan fingerprint density at radius 2 is 1.48 bits per heavy atom. The van der Waals surface area contributed by atoms with Gasteiger partial charge in [0, 0.05) is 0 Å². The van der Waals surface area contributed by atoms with E-state index in [1.165, 1.54) is 44.6 Å². The summed E-state index contributed by atoms with van der Waals surface area (Å²) in [5, 5.41) is 0. The van der Waals surface area contributed by atoms with Gasteiger partial charge in [-0.3, -0.25) is 0 Å². The Hall–Kier alpha value is -0.960. The molecule has 23 heavy (non-hydrogen) atoms. The van der Waals surface area contributed by atoms with Crippen LogP contribution in [0.5, 0.6) is 0 Å². The monoisotopic (exact) mass is 321 g/mol. The van der Waals surface area contributed by atoms with Crippen LogP contribution in [0.25, 0.3) is 0 Å². The van der Waals surface area contributed by atoms with Crippen LogP contribution in [-0.4, -0.2) is 6.54 Å². The lowest BCUT2D eigenvalue weighted by Gasteiger charge is -2.37. The molecular weight excluding hydrogens is 292 g/mol. The van der Waals surface area contributed by atoms with Crippen molar-refractivity contribution in [3.05, 3.63) is 34.9 Å². The highest BCUT2D eigenvalue weighted by molar-refractivity contribution is 5.28. The molecule has 0 aromatic heterocycles. The summed E-state index contributed by atoms with van der Waals surface area (Å²) in [5.74, 6) is 1.45. The van der Waals surface area contributed by atoms with Crippen LogP contribution in [0.3, 0.4) is 0 Å². The van der Waals surface area contributed by atoms with E-state index in [1.54, 1.807) is 6.92 Å². The molecule has 0 heterocycles. The topological polar surface area (TPSA) is 26.0 Å². The second-order valence-corrected chi connectivity index (χ2v) is 7.76. The van der Waals surface area contributed by atoms with Gasteiger partial charge in [-0.2, -0.15) is 0 Å². The van der Waals surface area contributed by atoms with E-state index in [1.807, 2.05) is 6.07 Å². The van der Waals surface area contributed by atoms with Crippen molar-refractivity contribution in [2.24, 2.45) is 23.5 Å². The number of rotatable bonds is 3. The summed E-state index contributed by atoms with van der Waals surface area (Å²) in [7, 11) is 0. The van der Waals surface area contributed by atoms with Crippen LogP contribution in [0.1, 0.15) is 68.4 Å². The Kier molecular flexibility index (Phi) is 5.35. The van der Waals surface area contributed by atoms with Gasteiger partial charge in [-0.1, -0.05) is 6.07 Å². The minimum absolute atomic E-state index is 0.403. The molecule has 3 rings (SSSR count). The Bertz CT molecular complexity index is 503. The standard InChI is InChI=1S/C20H29F2N/c1-13-10-18(11-19(21)20(13)22)17-8-6-16(7-9-17)15-4-2-14(12-23)3-5-15/h10-11,14-17H,2-9,12,23H2,1H3. The summed E-state index contributed by atoms with van der Waals surface area (Å²) in [5.41, 5.74) is 7.21. The van der Waals surface area contributed by atoms with E-state index in [-0.39, 0.29) is 0 Å². The van der Waals surface area contributed by atoms with Crippen molar-refractivity contribution >= 4 is 0 Å². The zero-order valence-electron chi connectivity index (χ0n) is 14.2. The number of nitrogens with two attached hydrogens (primary N) is 1. The fourth-order valence-electron chi connectivity index (χ4n) is 4.81. The molecule has 0 aliphatic heterocycles. The van der Waals surface area contributed by atoms with Crippen molar-refractivity contribution in [1.29, 1.82) is 0 Å². The predicted molar refractivity (Wildman–Crippen MR) is 90.3 cm³/mol. The fraction of sp³-hybridized carbons (Fsp3) is 0.700. The molecular formula is C20H29F2N. The molecule has 0 amide bonds. The van der Waals surface area contributed by atoms with Crippen LogP contribution in [0.2, 0.25) is 0 Å². The highest BCUT2D eigenvalue weighted by atomic mass is 19.2. The van der Waals surface area contributed by atoms with Gasteiger partial charge >= 0.3 is 0 Å². The fourth-order valence-corrected chi connectivity index (χ4v) is 4.81. The molecule has 2 fully saturated rings. The summed E-state index contributed by atoms with van der Waals surface area (Å²) in [6.45, 7) is 2.50. The molecule has 2 aliphatic carbocycles. The van der Waals surface area contributed by atoms with Crippen LogP contribution in [0.4, 0.5) is 8.78 Å². The molecule has 0 bridgehead atoms. The molecule has 0 radical (unpaired) electrons. The van der Waals surface area contributed by atoms with Crippen molar-refractivity contribution in [2.75, 3.05) is 6.54 Å². The van der Waals surface area contributed by atoms with Crippen LogP contribution < -0.4 is 5.73 Å². The number of benzene rings is 1. The van der Waals surface area contributed by atoms with Crippen molar-refractivity contribution in [3.8, 4) is 0 Å². The van der Waals surface area contributed by atoms with Gasteiger partial charge in [0.2, 0.25) is 0 Å². The van der Waals surface area contributed by atoms with Gasteiger partial charge in [0.1, 0.15) is 0 Å². The number of halogens is 2. The zero-order valence-corrected chi connectivity index (χ0v) is 14.2. The van der Waals surface area contributed by atoms with Gasteiger partial charge in [0.05, 0.1) is 0 Å². The smallest absolute Gasteiger partial charge is 0.161 e. The van der Waals surface area contributed by atoms with Gasteiger partial charge in [-0.25, -0.2) is 8.78 Å². The average Bonchev–Trinajstić information content (AvgIpc) is 2.59. The highest BCUT2D eigenvalue weighted by Gasteiger charge is 2.31. The van der Waals surface area contributed by atoms with Crippen molar-refractivity contribution in [2.45, 2.75) is 64.2 Å². The Morgan fingerprint density at radius 1 is 0.913 bits per heavy atom. The van der Waals surface area contributed by atoms with Gasteiger partial charge in [0.15, 0.2) is 11.6 Å².